The van der Waals surface area contributed by atoms with Crippen molar-refractivity contribution in [2.45, 2.75) is 58.3 Å². The highest BCUT2D eigenvalue weighted by Gasteiger charge is 1.92. The van der Waals surface area contributed by atoms with Crippen LogP contribution in [0.15, 0.2) is 60.8 Å². The Hall–Kier alpha value is -2.07. The molecule has 3 N–H and O–H groups in total. The lowest BCUT2D eigenvalue weighted by atomic mass is 10.2. The highest BCUT2D eigenvalue weighted by Crippen LogP contribution is 1.98. The summed E-state index contributed by atoms with van der Waals surface area (Å²) in [6, 6.07) is 0. The van der Waals surface area contributed by atoms with Gasteiger partial charge in [-0.3, -0.25) is 0 Å². The zero-order valence-corrected chi connectivity index (χ0v) is 16.9. The van der Waals surface area contributed by atoms with Gasteiger partial charge in [0.1, 0.15) is 0 Å². The van der Waals surface area contributed by atoms with Gasteiger partial charge in [-0.1, -0.05) is 67.7 Å². The molecule has 0 bridgehead atoms. The molecule has 0 aromatic rings. The topological polar surface area (TPSA) is 61.4 Å². The summed E-state index contributed by atoms with van der Waals surface area (Å²) >= 11 is 0. The van der Waals surface area contributed by atoms with Gasteiger partial charge in [-0.15, -0.1) is 0 Å². The van der Waals surface area contributed by atoms with Crippen LogP contribution < -0.4 is 10.6 Å². The Bertz CT molecular complexity index is 477. The zero-order chi connectivity index (χ0) is 19.8. The van der Waals surface area contributed by atoms with E-state index in [-0.39, 0.29) is 0 Å². The van der Waals surface area contributed by atoms with Crippen LogP contribution >= 0.6 is 0 Å². The lowest BCUT2D eigenvalue weighted by Gasteiger charge is -2.03. The van der Waals surface area contributed by atoms with Gasteiger partial charge in [-0.05, 0) is 57.9 Å². The molecule has 0 aliphatic carbocycles. The Morgan fingerprint density at radius 3 is 1.74 bits per heavy atom. The Morgan fingerprint density at radius 1 is 0.704 bits per heavy atom. The highest BCUT2D eigenvalue weighted by molar-refractivity contribution is 5.64. The van der Waals surface area contributed by atoms with Crippen LogP contribution in [0.2, 0.25) is 0 Å². The second kappa shape index (κ2) is 22.0. The Balaban J connectivity index is 3.36. The predicted molar refractivity (Wildman–Crippen MR) is 117 cm³/mol. The second-order valence-corrected chi connectivity index (χ2v) is 6.19. The molecule has 1 amide bonds. The van der Waals surface area contributed by atoms with Crippen LogP contribution in [0.1, 0.15) is 58.3 Å². The molecule has 0 rings (SSSR count). The predicted octanol–water partition coefficient (Wildman–Crippen LogP) is 5.77. The molecule has 0 atom stereocenters. The molecule has 0 spiro atoms. The quantitative estimate of drug-likeness (QED) is 0.224. The fourth-order valence-corrected chi connectivity index (χ4v) is 2.26. The van der Waals surface area contributed by atoms with Crippen molar-refractivity contribution in [3.63, 3.8) is 0 Å². The normalized spacial score (nSPS) is 12.5. The van der Waals surface area contributed by atoms with Gasteiger partial charge in [0.25, 0.3) is 0 Å². The lowest BCUT2D eigenvalue weighted by molar-refractivity contribution is 0.194. The fraction of sp³-hybridized carbons (Fsp3) is 0.522. The Kier molecular flexibility index (Phi) is 20.3. The van der Waals surface area contributed by atoms with Gasteiger partial charge >= 0.3 is 6.09 Å². The largest absolute Gasteiger partial charge is 0.465 e. The highest BCUT2D eigenvalue weighted by atomic mass is 16.4. The first-order valence-corrected chi connectivity index (χ1v) is 10.2. The van der Waals surface area contributed by atoms with Gasteiger partial charge in [-0.25, -0.2) is 4.79 Å². The number of unbranched alkanes of at least 4 members (excludes halogenated alkanes) is 2. The summed E-state index contributed by atoms with van der Waals surface area (Å²) in [5, 5.41) is 14.0. The molecule has 0 radical (unpaired) electrons. The van der Waals surface area contributed by atoms with E-state index in [1.165, 1.54) is 0 Å². The Labute approximate surface area is 165 Å². The molecule has 0 saturated carbocycles. The maximum absolute atomic E-state index is 10.2. The minimum absolute atomic E-state index is 0.462. The minimum Gasteiger partial charge on any atom is -0.465 e. The first-order valence-electron chi connectivity index (χ1n) is 10.2. The second-order valence-electron chi connectivity index (χ2n) is 6.19. The molecular formula is C23H38N2O2. The summed E-state index contributed by atoms with van der Waals surface area (Å²) in [6.07, 6.45) is 29.7. The van der Waals surface area contributed by atoms with Crippen LogP contribution in [0.3, 0.4) is 0 Å². The van der Waals surface area contributed by atoms with E-state index in [1.807, 2.05) is 0 Å². The molecule has 0 unspecified atom stereocenters. The van der Waals surface area contributed by atoms with E-state index in [0.29, 0.717) is 13.1 Å². The summed E-state index contributed by atoms with van der Waals surface area (Å²) in [5.41, 5.74) is 0. The van der Waals surface area contributed by atoms with Gasteiger partial charge in [0.15, 0.2) is 0 Å². The summed E-state index contributed by atoms with van der Waals surface area (Å²) in [5.74, 6) is 0. The van der Waals surface area contributed by atoms with Crippen molar-refractivity contribution in [1.82, 2.24) is 10.6 Å². The molecule has 27 heavy (non-hydrogen) atoms. The van der Waals surface area contributed by atoms with Gasteiger partial charge in [0.2, 0.25) is 0 Å². The van der Waals surface area contributed by atoms with Gasteiger partial charge < -0.3 is 15.7 Å². The van der Waals surface area contributed by atoms with Crippen molar-refractivity contribution in [1.29, 1.82) is 0 Å². The molecule has 0 aromatic carbocycles. The molecular weight excluding hydrogens is 336 g/mol. The number of hydrogen-bond acceptors (Lipinski definition) is 2. The molecule has 0 saturated heterocycles. The average Bonchev–Trinajstić information content (AvgIpc) is 2.65. The van der Waals surface area contributed by atoms with Crippen LogP contribution in [0.5, 0.6) is 0 Å². The SMILES string of the molecule is CC/C=C\CC=CCC=CC/C=C\C/C=C\CCCCNCCNC(=O)O. The number of hydrogen-bond donors (Lipinski definition) is 3. The minimum atomic E-state index is -0.963. The average molecular weight is 375 g/mol. The Morgan fingerprint density at radius 2 is 1.22 bits per heavy atom. The van der Waals surface area contributed by atoms with Gasteiger partial charge in [-0.2, -0.15) is 0 Å². The smallest absolute Gasteiger partial charge is 0.404 e. The van der Waals surface area contributed by atoms with Crippen molar-refractivity contribution in [2.24, 2.45) is 0 Å². The van der Waals surface area contributed by atoms with Crippen molar-refractivity contribution >= 4 is 6.09 Å². The molecule has 0 aliphatic heterocycles. The standard InChI is InChI=1S/C23H38N2O2/c1-2-3-4-5-6-7-8-9-10-11-12-13-14-15-16-17-18-19-20-24-21-22-25-23(26)27/h3-4,6-7,9-10,12-13,15-16,24-25H,2,5,8,11,14,17-22H2,1H3,(H,26,27)/b4-3-,7-6?,10-9?,13-12-,16-15-. The number of carbonyl (C=O) groups is 1. The summed E-state index contributed by atoms with van der Waals surface area (Å²) < 4.78 is 0. The third-order valence-corrected chi connectivity index (χ3v) is 3.71. The van der Waals surface area contributed by atoms with E-state index in [2.05, 4.69) is 78.3 Å². The summed E-state index contributed by atoms with van der Waals surface area (Å²) in [4.78, 5) is 10.2. The van der Waals surface area contributed by atoms with E-state index in [1.54, 1.807) is 0 Å². The lowest BCUT2D eigenvalue weighted by Crippen LogP contribution is -2.31. The van der Waals surface area contributed by atoms with Crippen LogP contribution in [-0.2, 0) is 0 Å². The molecule has 152 valence electrons. The third-order valence-electron chi connectivity index (χ3n) is 3.71. The maximum atomic E-state index is 10.2. The first-order chi connectivity index (χ1) is 13.3. The number of amides is 1. The maximum Gasteiger partial charge on any atom is 0.404 e. The first kappa shape index (κ1) is 24.9. The molecule has 0 aliphatic rings. The van der Waals surface area contributed by atoms with Crippen LogP contribution in [0, 0.1) is 0 Å². The molecule has 0 heterocycles. The van der Waals surface area contributed by atoms with E-state index >= 15 is 0 Å². The molecule has 4 nitrogen and oxygen atoms in total. The molecule has 0 fully saturated rings. The number of carboxylic acid groups (broad SMARTS) is 1. The van der Waals surface area contributed by atoms with Crippen molar-refractivity contribution < 1.29 is 9.90 Å². The van der Waals surface area contributed by atoms with Crippen molar-refractivity contribution in [3.8, 4) is 0 Å². The number of rotatable bonds is 17. The molecule has 0 aromatic heterocycles. The van der Waals surface area contributed by atoms with Crippen molar-refractivity contribution in [2.75, 3.05) is 19.6 Å². The van der Waals surface area contributed by atoms with E-state index < -0.39 is 6.09 Å². The fourth-order valence-electron chi connectivity index (χ4n) is 2.26. The zero-order valence-electron chi connectivity index (χ0n) is 16.9. The third kappa shape index (κ3) is 23.9. The number of nitrogens with one attached hydrogen (secondary N) is 2. The van der Waals surface area contributed by atoms with Gasteiger partial charge in [0, 0.05) is 13.1 Å². The summed E-state index contributed by atoms with van der Waals surface area (Å²) in [6.45, 7) is 4.24. The number of allylic oxidation sites excluding steroid dienone is 10. The van der Waals surface area contributed by atoms with Gasteiger partial charge in [0.05, 0.1) is 0 Å². The van der Waals surface area contributed by atoms with Crippen LogP contribution in [0.4, 0.5) is 4.79 Å². The van der Waals surface area contributed by atoms with Crippen LogP contribution in [0.25, 0.3) is 0 Å². The van der Waals surface area contributed by atoms with Crippen molar-refractivity contribution in [3.05, 3.63) is 60.8 Å². The van der Waals surface area contributed by atoms with E-state index in [4.69, 9.17) is 5.11 Å². The van der Waals surface area contributed by atoms with E-state index in [0.717, 1.165) is 57.9 Å². The summed E-state index contributed by atoms with van der Waals surface area (Å²) in [7, 11) is 0. The van der Waals surface area contributed by atoms with Crippen LogP contribution in [-0.4, -0.2) is 30.8 Å². The monoisotopic (exact) mass is 374 g/mol. The molecule has 4 heteroatoms. The van der Waals surface area contributed by atoms with E-state index in [9.17, 15) is 4.79 Å².